The van der Waals surface area contributed by atoms with Gasteiger partial charge in [0.15, 0.2) is 5.82 Å². The molecule has 0 saturated carbocycles. The Bertz CT molecular complexity index is 776. The number of pyridine rings is 1. The van der Waals surface area contributed by atoms with E-state index in [1.165, 1.54) is 5.56 Å². The first kappa shape index (κ1) is 16.8. The SMILES string of the molecule is CC(C)N(Cc1ccccc1)c1nncc(NCc2ccncc2)n1. The Morgan fingerprint density at radius 1 is 1.00 bits per heavy atom. The van der Waals surface area contributed by atoms with Crippen LogP contribution in [0, 0.1) is 0 Å². The minimum atomic E-state index is 0.262. The van der Waals surface area contributed by atoms with Gasteiger partial charge >= 0.3 is 0 Å². The van der Waals surface area contributed by atoms with Crippen LogP contribution in [0.3, 0.4) is 0 Å². The monoisotopic (exact) mass is 334 g/mol. The van der Waals surface area contributed by atoms with E-state index in [4.69, 9.17) is 0 Å². The molecule has 3 rings (SSSR count). The second kappa shape index (κ2) is 8.19. The van der Waals surface area contributed by atoms with Crippen molar-refractivity contribution in [2.24, 2.45) is 0 Å². The summed E-state index contributed by atoms with van der Waals surface area (Å²) in [6, 6.07) is 14.5. The Hall–Kier alpha value is -3.02. The molecule has 0 fully saturated rings. The molecule has 0 spiro atoms. The Balaban J connectivity index is 1.73. The van der Waals surface area contributed by atoms with Crippen molar-refractivity contribution in [2.75, 3.05) is 10.2 Å². The van der Waals surface area contributed by atoms with Gasteiger partial charge in [0.2, 0.25) is 5.95 Å². The quantitative estimate of drug-likeness (QED) is 0.715. The third kappa shape index (κ3) is 4.73. The lowest BCUT2D eigenvalue weighted by molar-refractivity contribution is 0.652. The molecule has 1 N–H and O–H groups in total. The molecule has 0 unspecified atom stereocenters. The largest absolute Gasteiger partial charge is 0.365 e. The van der Waals surface area contributed by atoms with Crippen molar-refractivity contribution in [2.45, 2.75) is 33.0 Å². The number of nitrogens with zero attached hydrogens (tertiary/aromatic N) is 5. The van der Waals surface area contributed by atoms with E-state index >= 15 is 0 Å². The van der Waals surface area contributed by atoms with Gasteiger partial charge in [0.25, 0.3) is 0 Å². The summed E-state index contributed by atoms with van der Waals surface area (Å²) in [6.45, 7) is 5.67. The molecule has 2 aromatic heterocycles. The first-order valence-electron chi connectivity index (χ1n) is 8.35. The number of rotatable bonds is 7. The molecule has 0 aliphatic carbocycles. The molecule has 128 valence electrons. The average Bonchev–Trinajstić information content (AvgIpc) is 2.66. The van der Waals surface area contributed by atoms with Gasteiger partial charge in [-0.3, -0.25) is 4.98 Å². The van der Waals surface area contributed by atoms with Crippen molar-refractivity contribution in [3.05, 3.63) is 72.2 Å². The normalized spacial score (nSPS) is 10.7. The first-order chi connectivity index (χ1) is 12.2. The van der Waals surface area contributed by atoms with E-state index in [9.17, 15) is 0 Å². The maximum atomic E-state index is 4.63. The number of hydrogen-bond donors (Lipinski definition) is 1. The van der Waals surface area contributed by atoms with Crippen LogP contribution in [0.15, 0.2) is 61.1 Å². The van der Waals surface area contributed by atoms with E-state index in [2.05, 4.69) is 56.4 Å². The van der Waals surface area contributed by atoms with Gasteiger partial charge in [-0.25, -0.2) is 0 Å². The third-order valence-corrected chi connectivity index (χ3v) is 3.85. The predicted molar refractivity (Wildman–Crippen MR) is 99.2 cm³/mol. The van der Waals surface area contributed by atoms with Crippen molar-refractivity contribution in [3.63, 3.8) is 0 Å². The number of anilines is 2. The topological polar surface area (TPSA) is 66.8 Å². The Labute approximate surface area is 148 Å². The highest BCUT2D eigenvalue weighted by Crippen LogP contribution is 2.16. The highest BCUT2D eigenvalue weighted by Gasteiger charge is 2.15. The number of aromatic nitrogens is 4. The fourth-order valence-electron chi connectivity index (χ4n) is 2.46. The second-order valence-corrected chi connectivity index (χ2v) is 6.06. The summed E-state index contributed by atoms with van der Waals surface area (Å²) in [6.07, 6.45) is 5.20. The molecule has 6 heteroatoms. The summed E-state index contributed by atoms with van der Waals surface area (Å²) < 4.78 is 0. The summed E-state index contributed by atoms with van der Waals surface area (Å²) >= 11 is 0. The molecular weight excluding hydrogens is 312 g/mol. The zero-order valence-electron chi connectivity index (χ0n) is 14.5. The summed E-state index contributed by atoms with van der Waals surface area (Å²) in [5.74, 6) is 1.33. The molecule has 0 amide bonds. The lowest BCUT2D eigenvalue weighted by atomic mass is 10.2. The maximum Gasteiger partial charge on any atom is 0.247 e. The fraction of sp³-hybridized carbons (Fsp3) is 0.263. The molecule has 2 heterocycles. The lowest BCUT2D eigenvalue weighted by Crippen LogP contribution is -2.32. The molecule has 0 atom stereocenters. The zero-order chi connectivity index (χ0) is 17.5. The van der Waals surface area contributed by atoms with Crippen molar-refractivity contribution in [1.82, 2.24) is 20.2 Å². The Morgan fingerprint density at radius 3 is 2.48 bits per heavy atom. The molecule has 0 radical (unpaired) electrons. The minimum absolute atomic E-state index is 0.262. The highest BCUT2D eigenvalue weighted by atomic mass is 15.3. The van der Waals surface area contributed by atoms with Crippen LogP contribution >= 0.6 is 0 Å². The molecule has 0 bridgehead atoms. The van der Waals surface area contributed by atoms with Crippen LogP contribution in [0.2, 0.25) is 0 Å². The van der Waals surface area contributed by atoms with Gasteiger partial charge in [-0.05, 0) is 37.1 Å². The van der Waals surface area contributed by atoms with E-state index in [0.717, 1.165) is 12.1 Å². The molecule has 25 heavy (non-hydrogen) atoms. The standard InChI is InChI=1S/C19H22N6/c1-15(2)25(14-17-6-4-3-5-7-17)19-23-18(13-22-24-19)21-12-16-8-10-20-11-9-16/h3-11,13,15H,12,14H2,1-2H3,(H,21,23,24). The van der Waals surface area contributed by atoms with Crippen LogP contribution in [-0.4, -0.2) is 26.2 Å². The molecule has 6 nitrogen and oxygen atoms in total. The van der Waals surface area contributed by atoms with E-state index in [0.29, 0.717) is 18.3 Å². The van der Waals surface area contributed by atoms with Gasteiger partial charge in [-0.15, -0.1) is 5.10 Å². The van der Waals surface area contributed by atoms with Crippen molar-refractivity contribution in [3.8, 4) is 0 Å². The number of hydrogen-bond acceptors (Lipinski definition) is 6. The van der Waals surface area contributed by atoms with Crippen LogP contribution in [0.5, 0.6) is 0 Å². The van der Waals surface area contributed by atoms with Crippen molar-refractivity contribution >= 4 is 11.8 Å². The Morgan fingerprint density at radius 2 is 1.76 bits per heavy atom. The molecule has 1 aromatic carbocycles. The van der Waals surface area contributed by atoms with Gasteiger partial charge in [-0.1, -0.05) is 30.3 Å². The van der Waals surface area contributed by atoms with E-state index in [1.807, 2.05) is 30.3 Å². The van der Waals surface area contributed by atoms with Crippen LogP contribution < -0.4 is 10.2 Å². The number of benzene rings is 1. The fourth-order valence-corrected chi connectivity index (χ4v) is 2.46. The van der Waals surface area contributed by atoms with Gasteiger partial charge in [0, 0.05) is 31.5 Å². The highest BCUT2D eigenvalue weighted by molar-refractivity contribution is 5.41. The molecule has 0 aliphatic heterocycles. The van der Waals surface area contributed by atoms with Gasteiger partial charge in [-0.2, -0.15) is 10.1 Å². The predicted octanol–water partition coefficient (Wildman–Crippen LogP) is 3.29. The van der Waals surface area contributed by atoms with Crippen LogP contribution in [0.1, 0.15) is 25.0 Å². The molecular formula is C19H22N6. The van der Waals surface area contributed by atoms with E-state index in [1.54, 1.807) is 18.6 Å². The summed E-state index contributed by atoms with van der Waals surface area (Å²) in [4.78, 5) is 10.8. The van der Waals surface area contributed by atoms with Crippen molar-refractivity contribution in [1.29, 1.82) is 0 Å². The van der Waals surface area contributed by atoms with Crippen molar-refractivity contribution < 1.29 is 0 Å². The maximum absolute atomic E-state index is 4.63. The van der Waals surface area contributed by atoms with E-state index in [-0.39, 0.29) is 6.04 Å². The van der Waals surface area contributed by atoms with Crippen LogP contribution in [0.4, 0.5) is 11.8 Å². The molecule has 3 aromatic rings. The van der Waals surface area contributed by atoms with Crippen LogP contribution in [0.25, 0.3) is 0 Å². The number of nitrogens with one attached hydrogen (secondary N) is 1. The zero-order valence-corrected chi connectivity index (χ0v) is 14.5. The summed E-state index contributed by atoms with van der Waals surface area (Å²) in [5, 5.41) is 11.6. The second-order valence-electron chi connectivity index (χ2n) is 6.06. The van der Waals surface area contributed by atoms with Gasteiger partial charge in [0.1, 0.15) is 0 Å². The van der Waals surface area contributed by atoms with Crippen LogP contribution in [-0.2, 0) is 13.1 Å². The Kier molecular flexibility index (Phi) is 5.51. The third-order valence-electron chi connectivity index (χ3n) is 3.85. The molecule has 0 aliphatic rings. The summed E-state index contributed by atoms with van der Waals surface area (Å²) in [5.41, 5.74) is 2.36. The summed E-state index contributed by atoms with van der Waals surface area (Å²) in [7, 11) is 0. The minimum Gasteiger partial charge on any atom is -0.365 e. The lowest BCUT2D eigenvalue weighted by Gasteiger charge is -2.26. The molecule has 0 saturated heterocycles. The average molecular weight is 334 g/mol. The van der Waals surface area contributed by atoms with Gasteiger partial charge in [0.05, 0.1) is 6.20 Å². The first-order valence-corrected chi connectivity index (χ1v) is 8.35. The smallest absolute Gasteiger partial charge is 0.247 e. The van der Waals surface area contributed by atoms with E-state index < -0.39 is 0 Å². The van der Waals surface area contributed by atoms with Gasteiger partial charge < -0.3 is 10.2 Å².